The summed E-state index contributed by atoms with van der Waals surface area (Å²) in [6.07, 6.45) is 1.74. The molecule has 23 heavy (non-hydrogen) atoms. The average molecular weight is 312 g/mol. The summed E-state index contributed by atoms with van der Waals surface area (Å²) in [7, 11) is 3.08. The summed E-state index contributed by atoms with van der Waals surface area (Å²) in [6.45, 7) is 1.96. The van der Waals surface area contributed by atoms with Crippen molar-refractivity contribution in [1.29, 1.82) is 0 Å². The average Bonchev–Trinajstić information content (AvgIpc) is 2.61. The second kappa shape index (κ2) is 7.89. The Morgan fingerprint density at radius 3 is 2.30 bits per heavy atom. The van der Waals surface area contributed by atoms with E-state index in [9.17, 15) is 4.79 Å². The number of methoxy groups -OCH3 is 2. The molecule has 0 bridgehead atoms. The monoisotopic (exact) mass is 312 g/mol. The van der Waals surface area contributed by atoms with E-state index in [4.69, 9.17) is 9.47 Å². The number of hydrogen-bond acceptors (Lipinski definition) is 4. The van der Waals surface area contributed by atoms with Crippen LogP contribution in [0.1, 0.15) is 22.8 Å². The zero-order valence-corrected chi connectivity index (χ0v) is 13.4. The lowest BCUT2D eigenvalue weighted by Gasteiger charge is -2.10. The Labute approximate surface area is 135 Å². The number of carbonyl (C=O) groups excluding carboxylic acids is 1. The Balaban J connectivity index is 2.00. The third-order valence-corrected chi connectivity index (χ3v) is 3.35. The molecule has 0 aromatic heterocycles. The number of carbonyl (C=O) groups is 1. The summed E-state index contributed by atoms with van der Waals surface area (Å²) in [5.41, 5.74) is 8.01. The smallest absolute Gasteiger partial charge is 0.269 e. The van der Waals surface area contributed by atoms with Crippen molar-refractivity contribution in [2.24, 2.45) is 0 Å². The quantitative estimate of drug-likeness (QED) is 0.805. The first-order valence-corrected chi connectivity index (χ1v) is 7.15. The van der Waals surface area contributed by atoms with Crippen molar-refractivity contribution in [2.45, 2.75) is 6.92 Å². The highest BCUT2D eigenvalue weighted by Gasteiger charge is 2.09. The lowest BCUT2D eigenvalue weighted by atomic mass is 10.1. The van der Waals surface area contributed by atoms with Gasteiger partial charge in [-0.1, -0.05) is 30.3 Å². The third-order valence-electron chi connectivity index (χ3n) is 3.35. The van der Waals surface area contributed by atoms with Gasteiger partial charge in [-0.05, 0) is 36.3 Å². The van der Waals surface area contributed by atoms with Crippen LogP contribution >= 0.6 is 0 Å². The largest absolute Gasteiger partial charge is 0.493 e. The molecule has 5 nitrogen and oxygen atoms in total. The number of hydrogen-bond donors (Lipinski definition) is 2. The van der Waals surface area contributed by atoms with Gasteiger partial charge < -0.3 is 14.9 Å². The van der Waals surface area contributed by atoms with Gasteiger partial charge in [-0.3, -0.25) is 10.2 Å². The number of hydrazine groups is 1. The van der Waals surface area contributed by atoms with Gasteiger partial charge in [-0.2, -0.15) is 0 Å². The summed E-state index contributed by atoms with van der Waals surface area (Å²) >= 11 is 0. The maximum atomic E-state index is 12.1. The van der Waals surface area contributed by atoms with Crippen molar-refractivity contribution in [3.8, 4) is 11.5 Å². The molecule has 2 N–H and O–H groups in total. The second-order valence-corrected chi connectivity index (χ2v) is 4.86. The van der Waals surface area contributed by atoms with E-state index >= 15 is 0 Å². The fraction of sp³-hybridized carbons (Fsp3) is 0.167. The molecule has 2 rings (SSSR count). The van der Waals surface area contributed by atoms with Crippen LogP contribution in [-0.2, 0) is 0 Å². The van der Waals surface area contributed by atoms with Crippen molar-refractivity contribution in [2.75, 3.05) is 14.2 Å². The van der Waals surface area contributed by atoms with Crippen molar-refractivity contribution < 1.29 is 14.3 Å². The molecule has 0 heterocycles. The summed E-state index contributed by atoms with van der Waals surface area (Å²) in [5, 5.41) is 0. The van der Waals surface area contributed by atoms with Crippen LogP contribution in [0, 0.1) is 0 Å². The summed E-state index contributed by atoms with van der Waals surface area (Å²) < 4.78 is 10.3. The van der Waals surface area contributed by atoms with E-state index in [1.165, 1.54) is 7.11 Å². The Hall–Kier alpha value is -2.95. The molecule has 2 aromatic rings. The van der Waals surface area contributed by atoms with E-state index in [2.05, 4.69) is 10.9 Å². The van der Waals surface area contributed by atoms with E-state index in [0.717, 1.165) is 11.1 Å². The Bertz CT molecular complexity index is 697. The van der Waals surface area contributed by atoms with Crippen LogP contribution in [0.4, 0.5) is 0 Å². The maximum absolute atomic E-state index is 12.1. The highest BCUT2D eigenvalue weighted by molar-refractivity contribution is 5.94. The molecular formula is C18H20N2O3. The van der Waals surface area contributed by atoms with Gasteiger partial charge in [-0.25, -0.2) is 0 Å². The zero-order valence-electron chi connectivity index (χ0n) is 13.4. The van der Waals surface area contributed by atoms with Gasteiger partial charge >= 0.3 is 0 Å². The number of rotatable bonds is 6. The number of benzene rings is 2. The van der Waals surface area contributed by atoms with Gasteiger partial charge in [-0.15, -0.1) is 0 Å². The molecule has 0 aliphatic carbocycles. The van der Waals surface area contributed by atoms with Crippen molar-refractivity contribution >= 4 is 11.5 Å². The minimum Gasteiger partial charge on any atom is -0.493 e. The van der Waals surface area contributed by atoms with Gasteiger partial charge in [0.25, 0.3) is 5.91 Å². The molecule has 0 saturated carbocycles. The Morgan fingerprint density at radius 2 is 1.65 bits per heavy atom. The second-order valence-electron chi connectivity index (χ2n) is 4.86. The molecule has 120 valence electrons. The molecule has 5 heteroatoms. The molecule has 0 fully saturated rings. The minimum absolute atomic E-state index is 0.261. The van der Waals surface area contributed by atoms with Gasteiger partial charge in [0, 0.05) is 11.8 Å². The van der Waals surface area contributed by atoms with Crippen LogP contribution in [0.15, 0.2) is 54.7 Å². The predicted octanol–water partition coefficient (Wildman–Crippen LogP) is 3.00. The molecule has 0 aliphatic rings. The van der Waals surface area contributed by atoms with Crippen LogP contribution in [0.25, 0.3) is 5.57 Å². The summed E-state index contributed by atoms with van der Waals surface area (Å²) in [6, 6.07) is 14.9. The van der Waals surface area contributed by atoms with Gasteiger partial charge in [0.15, 0.2) is 11.5 Å². The van der Waals surface area contributed by atoms with Gasteiger partial charge in [0.05, 0.1) is 14.2 Å². The van der Waals surface area contributed by atoms with E-state index in [0.29, 0.717) is 17.1 Å². The first-order chi connectivity index (χ1) is 11.2. The number of nitrogens with one attached hydrogen (secondary N) is 2. The number of allylic oxidation sites excluding steroid dienone is 1. The lowest BCUT2D eigenvalue weighted by molar-refractivity contribution is 0.0940. The highest BCUT2D eigenvalue weighted by atomic mass is 16.5. The molecule has 0 atom stereocenters. The molecule has 0 saturated heterocycles. The standard InChI is InChI=1S/C18H20N2O3/c1-13(14-7-5-4-6-8-14)12-19-20-18(21)15-9-10-16(22-2)17(11-15)23-3/h4-12,19H,1-3H3,(H,20,21)/b13-12-. The Kier molecular flexibility index (Phi) is 5.63. The minimum atomic E-state index is -0.261. The molecule has 0 unspecified atom stereocenters. The predicted molar refractivity (Wildman–Crippen MR) is 90.2 cm³/mol. The van der Waals surface area contributed by atoms with Crippen molar-refractivity contribution in [1.82, 2.24) is 10.9 Å². The summed E-state index contributed by atoms with van der Waals surface area (Å²) in [4.78, 5) is 12.1. The molecule has 1 amide bonds. The van der Waals surface area contributed by atoms with Crippen LogP contribution < -0.4 is 20.3 Å². The molecular weight excluding hydrogens is 292 g/mol. The molecule has 0 aliphatic heterocycles. The molecule has 0 radical (unpaired) electrons. The zero-order chi connectivity index (χ0) is 16.7. The number of amides is 1. The van der Waals surface area contributed by atoms with Crippen LogP contribution in [-0.4, -0.2) is 20.1 Å². The topological polar surface area (TPSA) is 59.6 Å². The van der Waals surface area contributed by atoms with Crippen molar-refractivity contribution in [3.63, 3.8) is 0 Å². The van der Waals surface area contributed by atoms with E-state index in [1.807, 2.05) is 37.3 Å². The highest BCUT2D eigenvalue weighted by Crippen LogP contribution is 2.27. The van der Waals surface area contributed by atoms with Crippen LogP contribution in [0.2, 0.25) is 0 Å². The maximum Gasteiger partial charge on any atom is 0.269 e. The van der Waals surface area contributed by atoms with Crippen LogP contribution in [0.5, 0.6) is 11.5 Å². The fourth-order valence-corrected chi connectivity index (χ4v) is 2.04. The normalized spacial score (nSPS) is 10.8. The van der Waals surface area contributed by atoms with Gasteiger partial charge in [0.1, 0.15) is 0 Å². The first-order valence-electron chi connectivity index (χ1n) is 7.15. The summed E-state index contributed by atoms with van der Waals surface area (Å²) in [5.74, 6) is 0.830. The lowest BCUT2D eigenvalue weighted by Crippen LogP contribution is -2.33. The van der Waals surface area contributed by atoms with E-state index < -0.39 is 0 Å². The third kappa shape index (κ3) is 4.26. The van der Waals surface area contributed by atoms with Crippen LogP contribution in [0.3, 0.4) is 0 Å². The molecule has 0 spiro atoms. The first kappa shape index (κ1) is 16.4. The van der Waals surface area contributed by atoms with Gasteiger partial charge in [0.2, 0.25) is 0 Å². The number of ether oxygens (including phenoxy) is 2. The Morgan fingerprint density at radius 1 is 0.957 bits per heavy atom. The van der Waals surface area contributed by atoms with Crippen molar-refractivity contribution in [3.05, 3.63) is 65.9 Å². The SMILES string of the molecule is COc1ccc(C(=O)NN/C=C(/C)c2ccccc2)cc1OC. The van der Waals surface area contributed by atoms with E-state index in [-0.39, 0.29) is 5.91 Å². The van der Waals surface area contributed by atoms with E-state index in [1.54, 1.807) is 31.5 Å². The molecule has 2 aromatic carbocycles. The fourth-order valence-electron chi connectivity index (χ4n) is 2.04.